The van der Waals surface area contributed by atoms with Crippen molar-refractivity contribution >= 4 is 27.7 Å². The third kappa shape index (κ3) is 2.45. The topological polar surface area (TPSA) is 48.0 Å². The van der Waals surface area contributed by atoms with Crippen molar-refractivity contribution in [2.75, 3.05) is 0 Å². The van der Waals surface area contributed by atoms with Gasteiger partial charge in [-0.05, 0) is 36.4 Å². The van der Waals surface area contributed by atoms with Crippen LogP contribution in [0.25, 0.3) is 21.8 Å². The Morgan fingerprint density at radius 2 is 1.88 bits per heavy atom. The van der Waals surface area contributed by atoms with Gasteiger partial charge in [-0.25, -0.2) is 8.78 Å². The molecule has 2 N–H and O–H groups in total. The number of halogens is 2. The molecule has 1 radical (unpaired) electrons. The number of nitrogens with zero attached hydrogens (tertiary/aromatic N) is 1. The van der Waals surface area contributed by atoms with Crippen LogP contribution in [0, 0.1) is 17.7 Å². The summed E-state index contributed by atoms with van der Waals surface area (Å²) < 4.78 is 29.7. The van der Waals surface area contributed by atoms with Crippen LogP contribution in [0.4, 0.5) is 8.78 Å². The first-order valence-corrected chi connectivity index (χ1v) is 7.71. The van der Waals surface area contributed by atoms with E-state index in [0.717, 1.165) is 0 Å². The van der Waals surface area contributed by atoms with Crippen LogP contribution in [-0.2, 0) is 6.54 Å². The summed E-state index contributed by atoms with van der Waals surface area (Å²) in [5.41, 5.74) is 7.50. The SMILES string of the molecule is NC(=O)c1cccc2c1c1[c]cc(F)cc1n2Cc1ccccc1F. The molecule has 0 unspecified atom stereocenters. The van der Waals surface area contributed by atoms with Gasteiger partial charge in [0.15, 0.2) is 0 Å². The Morgan fingerprint density at radius 1 is 1.08 bits per heavy atom. The number of amides is 1. The molecule has 4 aromatic rings. The van der Waals surface area contributed by atoms with Gasteiger partial charge in [0, 0.05) is 21.9 Å². The van der Waals surface area contributed by atoms with E-state index >= 15 is 0 Å². The van der Waals surface area contributed by atoms with Crippen LogP contribution in [0.2, 0.25) is 0 Å². The number of nitrogens with two attached hydrogens (primary N) is 1. The highest BCUT2D eigenvalue weighted by molar-refractivity contribution is 6.17. The molecule has 1 heterocycles. The monoisotopic (exact) mass is 335 g/mol. The minimum atomic E-state index is -0.576. The zero-order valence-corrected chi connectivity index (χ0v) is 13.1. The minimum absolute atomic E-state index is 0.201. The van der Waals surface area contributed by atoms with Gasteiger partial charge in [0.2, 0.25) is 5.91 Å². The normalized spacial score (nSPS) is 11.3. The van der Waals surface area contributed by atoms with Crippen molar-refractivity contribution in [2.45, 2.75) is 6.54 Å². The van der Waals surface area contributed by atoms with E-state index in [-0.39, 0.29) is 12.4 Å². The number of aromatic nitrogens is 1. The van der Waals surface area contributed by atoms with E-state index in [2.05, 4.69) is 6.07 Å². The van der Waals surface area contributed by atoms with Crippen LogP contribution in [0.5, 0.6) is 0 Å². The van der Waals surface area contributed by atoms with E-state index in [4.69, 9.17) is 5.73 Å². The van der Waals surface area contributed by atoms with Gasteiger partial charge < -0.3 is 10.3 Å². The van der Waals surface area contributed by atoms with Gasteiger partial charge in [0.1, 0.15) is 11.6 Å². The fraction of sp³-hybridized carbons (Fsp3) is 0.0500. The average molecular weight is 335 g/mol. The third-order valence-corrected chi connectivity index (χ3v) is 4.31. The first kappa shape index (κ1) is 15.3. The Bertz CT molecular complexity index is 1130. The van der Waals surface area contributed by atoms with Gasteiger partial charge in [-0.15, -0.1) is 0 Å². The molecule has 0 aliphatic rings. The standard InChI is InChI=1S/C20H13F2N2O/c21-13-8-9-14-18(10-13)24(11-12-4-1-2-6-16(12)22)17-7-3-5-15(19(14)17)20(23)25/h1-8,10H,11H2,(H2,23,25). The lowest BCUT2D eigenvalue weighted by Crippen LogP contribution is -2.11. The quantitative estimate of drug-likeness (QED) is 0.604. The average Bonchev–Trinajstić information content (AvgIpc) is 2.90. The molecule has 0 fully saturated rings. The number of primary amides is 1. The predicted molar refractivity (Wildman–Crippen MR) is 92.3 cm³/mol. The summed E-state index contributed by atoms with van der Waals surface area (Å²) in [5, 5.41) is 1.18. The molecule has 0 aliphatic carbocycles. The highest BCUT2D eigenvalue weighted by Gasteiger charge is 2.17. The summed E-state index contributed by atoms with van der Waals surface area (Å²) in [6, 6.07) is 17.0. The van der Waals surface area contributed by atoms with Crippen molar-refractivity contribution in [3.8, 4) is 0 Å². The number of hydrogen-bond acceptors (Lipinski definition) is 1. The summed E-state index contributed by atoms with van der Waals surface area (Å²) in [4.78, 5) is 11.8. The second-order valence-corrected chi connectivity index (χ2v) is 5.82. The van der Waals surface area contributed by atoms with E-state index in [1.54, 1.807) is 41.0 Å². The first-order valence-electron chi connectivity index (χ1n) is 7.71. The summed E-state index contributed by atoms with van der Waals surface area (Å²) >= 11 is 0. The number of carbonyl (C=O) groups excluding carboxylic acids is 1. The Labute approximate surface area is 142 Å². The van der Waals surface area contributed by atoms with Crippen molar-refractivity contribution in [2.24, 2.45) is 5.73 Å². The Balaban J connectivity index is 2.08. The van der Waals surface area contributed by atoms with Crippen LogP contribution in [-0.4, -0.2) is 10.5 Å². The van der Waals surface area contributed by atoms with Crippen LogP contribution < -0.4 is 5.73 Å². The summed E-state index contributed by atoms with van der Waals surface area (Å²) in [6.07, 6.45) is 0. The van der Waals surface area contributed by atoms with Crippen LogP contribution >= 0.6 is 0 Å². The van der Waals surface area contributed by atoms with Gasteiger partial charge in [0.25, 0.3) is 0 Å². The Kier molecular flexibility index (Phi) is 3.50. The van der Waals surface area contributed by atoms with Gasteiger partial charge in [-0.1, -0.05) is 24.3 Å². The molecular formula is C20H13F2N2O. The van der Waals surface area contributed by atoms with Crippen molar-refractivity contribution < 1.29 is 13.6 Å². The summed E-state index contributed by atoms with van der Waals surface area (Å²) in [7, 11) is 0. The van der Waals surface area contributed by atoms with Crippen LogP contribution in [0.15, 0.2) is 54.6 Å². The lowest BCUT2D eigenvalue weighted by molar-refractivity contribution is 0.100. The zero-order valence-electron chi connectivity index (χ0n) is 13.1. The third-order valence-electron chi connectivity index (χ3n) is 4.31. The van der Waals surface area contributed by atoms with Crippen LogP contribution in [0.1, 0.15) is 15.9 Å². The molecule has 3 aromatic carbocycles. The molecule has 0 bridgehead atoms. The zero-order chi connectivity index (χ0) is 17.6. The highest BCUT2D eigenvalue weighted by Crippen LogP contribution is 2.32. The molecule has 4 rings (SSSR count). The van der Waals surface area contributed by atoms with E-state index in [9.17, 15) is 13.6 Å². The summed E-state index contributed by atoms with van der Waals surface area (Å²) in [5.74, 6) is -1.37. The van der Waals surface area contributed by atoms with Crippen molar-refractivity contribution in [3.63, 3.8) is 0 Å². The second kappa shape index (κ2) is 5.70. The Hall–Kier alpha value is -3.21. The van der Waals surface area contributed by atoms with E-state index in [1.807, 2.05) is 0 Å². The number of carbonyl (C=O) groups is 1. The number of fused-ring (bicyclic) bond motifs is 3. The minimum Gasteiger partial charge on any atom is -0.366 e. The van der Waals surface area contributed by atoms with Gasteiger partial charge in [-0.3, -0.25) is 4.79 Å². The Morgan fingerprint density at radius 3 is 2.64 bits per heavy atom. The number of benzene rings is 3. The maximum absolute atomic E-state index is 14.1. The lowest BCUT2D eigenvalue weighted by atomic mass is 10.1. The molecule has 25 heavy (non-hydrogen) atoms. The molecule has 0 saturated heterocycles. The lowest BCUT2D eigenvalue weighted by Gasteiger charge is -2.09. The second-order valence-electron chi connectivity index (χ2n) is 5.82. The number of rotatable bonds is 3. The maximum Gasteiger partial charge on any atom is 0.249 e. The molecule has 0 saturated carbocycles. The molecule has 0 aliphatic heterocycles. The molecule has 0 atom stereocenters. The fourth-order valence-electron chi connectivity index (χ4n) is 3.20. The molecule has 1 amide bonds. The fourth-order valence-corrected chi connectivity index (χ4v) is 3.20. The molecule has 123 valence electrons. The summed E-state index contributed by atoms with van der Waals surface area (Å²) in [6.45, 7) is 0.201. The van der Waals surface area contributed by atoms with E-state index in [1.165, 1.54) is 18.2 Å². The van der Waals surface area contributed by atoms with Gasteiger partial charge >= 0.3 is 0 Å². The molecule has 3 nitrogen and oxygen atoms in total. The van der Waals surface area contributed by atoms with Crippen LogP contribution in [0.3, 0.4) is 0 Å². The molecule has 1 aromatic heterocycles. The molecule has 0 spiro atoms. The maximum atomic E-state index is 14.1. The van der Waals surface area contributed by atoms with Crippen molar-refractivity contribution in [1.29, 1.82) is 0 Å². The number of hydrogen-bond donors (Lipinski definition) is 1. The molecular weight excluding hydrogens is 322 g/mol. The van der Waals surface area contributed by atoms with Gasteiger partial charge in [-0.2, -0.15) is 0 Å². The van der Waals surface area contributed by atoms with E-state index in [0.29, 0.717) is 32.9 Å². The van der Waals surface area contributed by atoms with Crippen molar-refractivity contribution in [3.05, 3.63) is 83.4 Å². The van der Waals surface area contributed by atoms with Gasteiger partial charge in [0.05, 0.1) is 17.6 Å². The molecule has 5 heteroatoms. The largest absolute Gasteiger partial charge is 0.366 e. The highest BCUT2D eigenvalue weighted by atomic mass is 19.1. The predicted octanol–water partition coefficient (Wildman–Crippen LogP) is 4.02. The first-order chi connectivity index (χ1) is 12.1. The van der Waals surface area contributed by atoms with Crippen molar-refractivity contribution in [1.82, 2.24) is 4.57 Å². The van der Waals surface area contributed by atoms with E-state index < -0.39 is 11.7 Å². The smallest absolute Gasteiger partial charge is 0.249 e.